The summed E-state index contributed by atoms with van der Waals surface area (Å²) in [6.45, 7) is 0. The van der Waals surface area contributed by atoms with Crippen molar-refractivity contribution in [3.63, 3.8) is 0 Å². The number of halogens is 1. The molecule has 0 aliphatic heterocycles. The van der Waals surface area contributed by atoms with E-state index in [4.69, 9.17) is 0 Å². The molecule has 0 bridgehead atoms. The highest BCUT2D eigenvalue weighted by molar-refractivity contribution is 9.10. The molecule has 0 aromatic carbocycles. The zero-order valence-corrected chi connectivity index (χ0v) is 9.40. The summed E-state index contributed by atoms with van der Waals surface area (Å²) in [7, 11) is 0. The van der Waals surface area contributed by atoms with Gasteiger partial charge in [0.15, 0.2) is 0 Å². The maximum absolute atomic E-state index is 11.6. The van der Waals surface area contributed by atoms with Crippen molar-refractivity contribution < 1.29 is 4.79 Å². The molecule has 0 spiro atoms. The van der Waals surface area contributed by atoms with Gasteiger partial charge in [-0.05, 0) is 30.9 Å². The van der Waals surface area contributed by atoms with Gasteiger partial charge in [-0.15, -0.1) is 0 Å². The van der Waals surface area contributed by atoms with Gasteiger partial charge >= 0.3 is 0 Å². The van der Waals surface area contributed by atoms with Crippen molar-refractivity contribution in [2.45, 2.75) is 24.1 Å². The van der Waals surface area contributed by atoms with Gasteiger partial charge in [0.05, 0.1) is 4.83 Å². The Morgan fingerprint density at radius 1 is 1.64 bits per heavy atom. The number of nitrogens with zero attached hydrogens (tertiary/aromatic N) is 1. The lowest BCUT2D eigenvalue weighted by atomic mass is 10.1. The minimum absolute atomic E-state index is 0.0285. The van der Waals surface area contributed by atoms with Crippen LogP contribution in [0.25, 0.3) is 0 Å². The van der Waals surface area contributed by atoms with Crippen molar-refractivity contribution >= 4 is 21.7 Å². The second kappa shape index (κ2) is 4.22. The number of hydrogen-bond donors (Lipinski definition) is 0. The summed E-state index contributed by atoms with van der Waals surface area (Å²) in [6.07, 6.45) is 6.47. The van der Waals surface area contributed by atoms with Gasteiger partial charge in [-0.25, -0.2) is 0 Å². The molecule has 0 N–H and O–H groups in total. The monoisotopic (exact) mass is 253 g/mol. The molecule has 1 aliphatic carbocycles. The fraction of sp³-hybridized carbons (Fsp3) is 0.455. The summed E-state index contributed by atoms with van der Waals surface area (Å²) in [5.74, 6) is 0.685. The molecule has 3 heteroatoms. The van der Waals surface area contributed by atoms with Gasteiger partial charge in [0.1, 0.15) is 5.78 Å². The molecule has 2 rings (SSSR count). The first-order chi connectivity index (χ1) is 6.77. The third-order valence-electron chi connectivity index (χ3n) is 2.43. The molecule has 1 fully saturated rings. The van der Waals surface area contributed by atoms with Crippen LogP contribution in [0.4, 0.5) is 0 Å². The van der Waals surface area contributed by atoms with E-state index in [9.17, 15) is 4.79 Å². The zero-order chi connectivity index (χ0) is 9.97. The number of hydrogen-bond acceptors (Lipinski definition) is 2. The molecule has 1 aliphatic rings. The van der Waals surface area contributed by atoms with E-state index < -0.39 is 0 Å². The fourth-order valence-electron chi connectivity index (χ4n) is 1.45. The van der Waals surface area contributed by atoms with Gasteiger partial charge in [-0.1, -0.05) is 22.0 Å². The van der Waals surface area contributed by atoms with Gasteiger partial charge in [-0.2, -0.15) is 0 Å². The van der Waals surface area contributed by atoms with Crippen LogP contribution in [-0.2, 0) is 11.2 Å². The highest BCUT2D eigenvalue weighted by Crippen LogP contribution is 2.33. The molecule has 1 saturated carbocycles. The summed E-state index contributed by atoms with van der Waals surface area (Å²) < 4.78 is 0. The van der Waals surface area contributed by atoms with Crippen LogP contribution in [0.15, 0.2) is 24.5 Å². The van der Waals surface area contributed by atoms with E-state index in [0.717, 1.165) is 24.8 Å². The molecule has 1 aromatic rings. The van der Waals surface area contributed by atoms with Crippen LogP contribution in [0, 0.1) is 5.92 Å². The lowest BCUT2D eigenvalue weighted by molar-refractivity contribution is -0.119. The Kier molecular flexibility index (Phi) is 2.96. The molecule has 74 valence electrons. The summed E-state index contributed by atoms with van der Waals surface area (Å²) in [5.41, 5.74) is 1.11. The summed E-state index contributed by atoms with van der Waals surface area (Å²) in [6, 6.07) is 3.90. The van der Waals surface area contributed by atoms with Crippen LogP contribution in [-0.4, -0.2) is 15.6 Å². The Morgan fingerprint density at radius 3 is 3.00 bits per heavy atom. The third-order valence-corrected chi connectivity index (χ3v) is 3.20. The molecule has 1 heterocycles. The minimum Gasteiger partial charge on any atom is -0.298 e. The largest absolute Gasteiger partial charge is 0.298 e. The number of ketones is 1. The van der Waals surface area contributed by atoms with Gasteiger partial charge in [0.25, 0.3) is 0 Å². The van der Waals surface area contributed by atoms with Gasteiger partial charge in [0, 0.05) is 18.3 Å². The molecule has 0 amide bonds. The standard InChI is InChI=1S/C11H12BrNO/c12-10(11(14)9-3-4-9)6-8-2-1-5-13-7-8/h1-2,5,7,9-10H,3-4,6H2. The van der Waals surface area contributed by atoms with Gasteiger partial charge in [-0.3, -0.25) is 9.78 Å². The molecule has 14 heavy (non-hydrogen) atoms. The highest BCUT2D eigenvalue weighted by atomic mass is 79.9. The van der Waals surface area contributed by atoms with Crippen LogP contribution in [0.5, 0.6) is 0 Å². The zero-order valence-electron chi connectivity index (χ0n) is 7.82. The van der Waals surface area contributed by atoms with Gasteiger partial charge < -0.3 is 0 Å². The van der Waals surface area contributed by atoms with Crippen LogP contribution in [0.3, 0.4) is 0 Å². The topological polar surface area (TPSA) is 30.0 Å². The lowest BCUT2D eigenvalue weighted by Gasteiger charge is -2.07. The number of pyridine rings is 1. The summed E-state index contributed by atoms with van der Waals surface area (Å²) in [5, 5.41) is 0. The molecule has 0 radical (unpaired) electrons. The highest BCUT2D eigenvalue weighted by Gasteiger charge is 2.33. The smallest absolute Gasteiger partial charge is 0.149 e. The van der Waals surface area contributed by atoms with E-state index in [0.29, 0.717) is 11.7 Å². The van der Waals surface area contributed by atoms with Crippen LogP contribution in [0.1, 0.15) is 18.4 Å². The Labute approximate surface area is 91.9 Å². The quantitative estimate of drug-likeness (QED) is 0.772. The molecule has 1 unspecified atom stereocenters. The van der Waals surface area contributed by atoms with E-state index in [1.165, 1.54) is 0 Å². The number of aromatic nitrogens is 1. The number of Topliss-reactive ketones (excluding diaryl/α,β-unsaturated/α-hetero) is 1. The normalized spacial score (nSPS) is 17.8. The van der Waals surface area contributed by atoms with Crippen LogP contribution < -0.4 is 0 Å². The third kappa shape index (κ3) is 2.41. The molecular weight excluding hydrogens is 242 g/mol. The van der Waals surface area contributed by atoms with E-state index in [2.05, 4.69) is 20.9 Å². The molecular formula is C11H12BrNO. The lowest BCUT2D eigenvalue weighted by Crippen LogP contribution is -2.18. The summed E-state index contributed by atoms with van der Waals surface area (Å²) >= 11 is 3.44. The van der Waals surface area contributed by atoms with E-state index >= 15 is 0 Å². The number of alkyl halides is 1. The average molecular weight is 254 g/mol. The van der Waals surface area contributed by atoms with E-state index in [-0.39, 0.29) is 4.83 Å². The molecule has 1 aromatic heterocycles. The second-order valence-electron chi connectivity index (χ2n) is 3.71. The van der Waals surface area contributed by atoms with E-state index in [1.807, 2.05) is 18.3 Å². The Hall–Kier alpha value is -0.700. The SMILES string of the molecule is O=C(C(Br)Cc1cccnc1)C1CC1. The first-order valence-corrected chi connectivity index (χ1v) is 5.75. The maximum atomic E-state index is 11.6. The predicted octanol–water partition coefficient (Wildman–Crippen LogP) is 2.37. The first-order valence-electron chi connectivity index (χ1n) is 4.84. The Balaban J connectivity index is 1.93. The second-order valence-corrected chi connectivity index (χ2v) is 4.81. The number of carbonyl (C=O) groups excluding carboxylic acids is 1. The van der Waals surface area contributed by atoms with Gasteiger partial charge in [0.2, 0.25) is 0 Å². The number of rotatable bonds is 4. The van der Waals surface area contributed by atoms with Crippen molar-refractivity contribution in [2.24, 2.45) is 5.92 Å². The van der Waals surface area contributed by atoms with Crippen molar-refractivity contribution in [2.75, 3.05) is 0 Å². The van der Waals surface area contributed by atoms with Crippen LogP contribution in [0.2, 0.25) is 0 Å². The van der Waals surface area contributed by atoms with Crippen molar-refractivity contribution in [1.82, 2.24) is 4.98 Å². The molecule has 0 saturated heterocycles. The Morgan fingerprint density at radius 2 is 2.43 bits per heavy atom. The first kappa shape index (κ1) is 9.84. The Bertz CT molecular complexity index is 321. The summed E-state index contributed by atoms with van der Waals surface area (Å²) in [4.78, 5) is 15.6. The fourth-order valence-corrected chi connectivity index (χ4v) is 2.20. The average Bonchev–Trinajstić information content (AvgIpc) is 3.01. The maximum Gasteiger partial charge on any atom is 0.149 e. The van der Waals surface area contributed by atoms with Crippen molar-refractivity contribution in [3.8, 4) is 0 Å². The molecule has 2 nitrogen and oxygen atoms in total. The predicted molar refractivity (Wildman–Crippen MR) is 58.4 cm³/mol. The van der Waals surface area contributed by atoms with Crippen molar-refractivity contribution in [1.29, 1.82) is 0 Å². The number of carbonyl (C=O) groups is 1. The van der Waals surface area contributed by atoms with Crippen molar-refractivity contribution in [3.05, 3.63) is 30.1 Å². The van der Waals surface area contributed by atoms with Crippen LogP contribution >= 0.6 is 15.9 Å². The minimum atomic E-state index is -0.0285. The van der Waals surface area contributed by atoms with E-state index in [1.54, 1.807) is 6.20 Å². The molecule has 1 atom stereocenters.